The van der Waals surface area contributed by atoms with Gasteiger partial charge in [0.25, 0.3) is 0 Å². The molecule has 0 unspecified atom stereocenters. The lowest BCUT2D eigenvalue weighted by Gasteiger charge is -2.17. The highest BCUT2D eigenvalue weighted by atomic mass is 35.5. The molecule has 1 aromatic carbocycles. The van der Waals surface area contributed by atoms with Crippen LogP contribution in [0.1, 0.15) is 22.3 Å². The van der Waals surface area contributed by atoms with E-state index in [0.717, 1.165) is 30.6 Å². The molecule has 0 saturated heterocycles. The minimum atomic E-state index is 0. The van der Waals surface area contributed by atoms with Gasteiger partial charge in [0.1, 0.15) is 0 Å². The van der Waals surface area contributed by atoms with Crippen LogP contribution in [0.5, 0.6) is 0 Å². The summed E-state index contributed by atoms with van der Waals surface area (Å²) in [6.07, 6.45) is 1.09. The van der Waals surface area contributed by atoms with Crippen LogP contribution in [0, 0.1) is 18.3 Å². The number of rotatable bonds is 0. The number of hydrogen-bond donors (Lipinski definition) is 1. The summed E-state index contributed by atoms with van der Waals surface area (Å²) < 4.78 is 0. The number of nitriles is 1. The lowest BCUT2D eigenvalue weighted by molar-refractivity contribution is 0.643. The fraction of sp³-hybridized carbons (Fsp3) is 0.364. The Hall–Kier alpha value is -1.04. The third-order valence-electron chi connectivity index (χ3n) is 2.55. The van der Waals surface area contributed by atoms with Crippen molar-refractivity contribution in [1.82, 2.24) is 5.32 Å². The van der Waals surface area contributed by atoms with Gasteiger partial charge in [0.2, 0.25) is 0 Å². The Labute approximate surface area is 90.3 Å². The van der Waals surface area contributed by atoms with Crippen molar-refractivity contribution in [1.29, 1.82) is 5.26 Å². The summed E-state index contributed by atoms with van der Waals surface area (Å²) in [5, 5.41) is 12.2. The maximum Gasteiger partial charge on any atom is 0.0994 e. The van der Waals surface area contributed by atoms with Crippen LogP contribution in [0.3, 0.4) is 0 Å². The van der Waals surface area contributed by atoms with E-state index in [4.69, 9.17) is 5.26 Å². The molecule has 2 nitrogen and oxygen atoms in total. The summed E-state index contributed by atoms with van der Waals surface area (Å²) in [5.74, 6) is 0. The van der Waals surface area contributed by atoms with E-state index in [-0.39, 0.29) is 12.4 Å². The van der Waals surface area contributed by atoms with Gasteiger partial charge >= 0.3 is 0 Å². The monoisotopic (exact) mass is 208 g/mol. The molecule has 14 heavy (non-hydrogen) atoms. The molecule has 0 atom stereocenters. The molecule has 0 aromatic heterocycles. The van der Waals surface area contributed by atoms with E-state index < -0.39 is 0 Å². The van der Waals surface area contributed by atoms with Gasteiger partial charge in [-0.3, -0.25) is 0 Å². The number of hydrogen-bond acceptors (Lipinski definition) is 2. The second-order valence-corrected chi connectivity index (χ2v) is 3.47. The summed E-state index contributed by atoms with van der Waals surface area (Å²) >= 11 is 0. The lowest BCUT2D eigenvalue weighted by atomic mass is 9.95. The average Bonchev–Trinajstić information content (AvgIpc) is 2.17. The number of halogens is 1. The zero-order chi connectivity index (χ0) is 9.26. The van der Waals surface area contributed by atoms with Crippen molar-refractivity contribution in [3.63, 3.8) is 0 Å². The minimum Gasteiger partial charge on any atom is -0.312 e. The largest absolute Gasteiger partial charge is 0.312 e. The second kappa shape index (κ2) is 4.45. The molecule has 74 valence electrons. The molecule has 1 heterocycles. The molecule has 1 aliphatic rings. The first-order valence-corrected chi connectivity index (χ1v) is 4.54. The smallest absolute Gasteiger partial charge is 0.0994 e. The predicted molar refractivity (Wildman–Crippen MR) is 58.6 cm³/mol. The second-order valence-electron chi connectivity index (χ2n) is 3.47. The van der Waals surface area contributed by atoms with Gasteiger partial charge in [-0.2, -0.15) is 5.26 Å². The van der Waals surface area contributed by atoms with Gasteiger partial charge in [0.15, 0.2) is 0 Å². The Balaban J connectivity index is 0.000000980. The van der Waals surface area contributed by atoms with E-state index in [9.17, 15) is 0 Å². The Kier molecular flexibility index (Phi) is 3.51. The first kappa shape index (κ1) is 11.0. The molecule has 1 N–H and O–H groups in total. The van der Waals surface area contributed by atoms with Crippen molar-refractivity contribution < 1.29 is 0 Å². The zero-order valence-corrected chi connectivity index (χ0v) is 8.95. The zero-order valence-electron chi connectivity index (χ0n) is 8.13. The van der Waals surface area contributed by atoms with Crippen LogP contribution >= 0.6 is 12.4 Å². The topological polar surface area (TPSA) is 35.8 Å². The Morgan fingerprint density at radius 1 is 1.36 bits per heavy atom. The maximum atomic E-state index is 8.85. The molecule has 0 saturated carbocycles. The van der Waals surface area contributed by atoms with Crippen molar-refractivity contribution in [2.75, 3.05) is 6.54 Å². The number of aryl methyl sites for hydroxylation is 1. The van der Waals surface area contributed by atoms with Crippen molar-refractivity contribution in [3.05, 3.63) is 34.4 Å². The molecule has 0 fully saturated rings. The van der Waals surface area contributed by atoms with Gasteiger partial charge in [-0.25, -0.2) is 0 Å². The summed E-state index contributed by atoms with van der Waals surface area (Å²) in [6.45, 7) is 3.96. The van der Waals surface area contributed by atoms with Crippen LogP contribution in [0.25, 0.3) is 0 Å². The Morgan fingerprint density at radius 2 is 2.14 bits per heavy atom. The van der Waals surface area contributed by atoms with Gasteiger partial charge in [-0.05, 0) is 42.6 Å². The Morgan fingerprint density at radius 3 is 2.86 bits per heavy atom. The van der Waals surface area contributed by atoms with Crippen molar-refractivity contribution in [2.24, 2.45) is 0 Å². The van der Waals surface area contributed by atoms with E-state index in [1.807, 2.05) is 13.0 Å². The van der Waals surface area contributed by atoms with Crippen molar-refractivity contribution >= 4 is 12.4 Å². The van der Waals surface area contributed by atoms with Gasteiger partial charge in [-0.15, -0.1) is 12.4 Å². The Bertz CT molecular complexity index is 380. The average molecular weight is 209 g/mol. The standard InChI is InChI=1S/C11H12N2.ClH/c1-8-4-9-2-3-13-7-11(9)5-10(8)6-12;/h4-5,13H,2-3,7H2,1H3;1H. The van der Waals surface area contributed by atoms with Crippen LogP contribution in [0.15, 0.2) is 12.1 Å². The number of nitrogens with zero attached hydrogens (tertiary/aromatic N) is 1. The highest BCUT2D eigenvalue weighted by Crippen LogP contribution is 2.18. The highest BCUT2D eigenvalue weighted by Gasteiger charge is 2.10. The quantitative estimate of drug-likeness (QED) is 0.708. The molecule has 1 aliphatic heterocycles. The fourth-order valence-corrected chi connectivity index (χ4v) is 1.78. The first-order valence-electron chi connectivity index (χ1n) is 4.54. The SMILES string of the molecule is Cc1cc2c(cc1C#N)CNCC2.Cl. The van der Waals surface area contributed by atoms with Crippen LogP contribution in [0.4, 0.5) is 0 Å². The van der Waals surface area contributed by atoms with Gasteiger partial charge in [0.05, 0.1) is 11.6 Å². The molecule has 0 spiro atoms. The number of fused-ring (bicyclic) bond motifs is 1. The van der Waals surface area contributed by atoms with Gasteiger partial charge in [0, 0.05) is 6.54 Å². The maximum absolute atomic E-state index is 8.85. The van der Waals surface area contributed by atoms with Crippen LogP contribution < -0.4 is 5.32 Å². The third kappa shape index (κ3) is 1.89. The predicted octanol–water partition coefficient (Wildman–Crippen LogP) is 1.93. The van der Waals surface area contributed by atoms with E-state index in [1.54, 1.807) is 0 Å². The fourth-order valence-electron chi connectivity index (χ4n) is 1.78. The van der Waals surface area contributed by atoms with Crippen molar-refractivity contribution in [2.45, 2.75) is 19.9 Å². The summed E-state index contributed by atoms with van der Waals surface area (Å²) in [5.41, 5.74) is 4.59. The molecule has 0 aliphatic carbocycles. The summed E-state index contributed by atoms with van der Waals surface area (Å²) in [4.78, 5) is 0. The minimum absolute atomic E-state index is 0. The normalized spacial score (nSPS) is 13.7. The molecule has 2 rings (SSSR count). The van der Waals surface area contributed by atoms with E-state index in [1.165, 1.54) is 11.1 Å². The van der Waals surface area contributed by atoms with Gasteiger partial charge in [-0.1, -0.05) is 6.07 Å². The molecular weight excluding hydrogens is 196 g/mol. The molecule has 0 radical (unpaired) electrons. The van der Waals surface area contributed by atoms with E-state index >= 15 is 0 Å². The first-order chi connectivity index (χ1) is 6.31. The molecular formula is C11H13ClN2. The van der Waals surface area contributed by atoms with E-state index in [2.05, 4.69) is 17.5 Å². The molecule has 0 amide bonds. The van der Waals surface area contributed by atoms with E-state index in [0.29, 0.717) is 0 Å². The lowest BCUT2D eigenvalue weighted by Crippen LogP contribution is -2.23. The summed E-state index contributed by atoms with van der Waals surface area (Å²) in [7, 11) is 0. The molecule has 0 bridgehead atoms. The van der Waals surface area contributed by atoms with Crippen molar-refractivity contribution in [3.8, 4) is 6.07 Å². The van der Waals surface area contributed by atoms with Crippen LogP contribution in [0.2, 0.25) is 0 Å². The number of nitrogens with one attached hydrogen (secondary N) is 1. The molecule has 3 heteroatoms. The van der Waals surface area contributed by atoms with Crippen LogP contribution in [-0.2, 0) is 13.0 Å². The third-order valence-corrected chi connectivity index (χ3v) is 2.55. The summed E-state index contributed by atoms with van der Waals surface area (Å²) in [6, 6.07) is 6.38. The van der Waals surface area contributed by atoms with Crippen LogP contribution in [-0.4, -0.2) is 6.54 Å². The van der Waals surface area contributed by atoms with Gasteiger partial charge < -0.3 is 5.32 Å². The number of benzene rings is 1. The molecule has 1 aromatic rings. The highest BCUT2D eigenvalue weighted by molar-refractivity contribution is 5.85.